The Bertz CT molecular complexity index is 355. The Labute approximate surface area is 81.4 Å². The Balaban J connectivity index is 0.000000255. The Morgan fingerprint density at radius 3 is 1.57 bits per heavy atom. The highest BCUT2D eigenvalue weighted by Crippen LogP contribution is 2.01. The van der Waals surface area contributed by atoms with Gasteiger partial charge in [0.2, 0.25) is 0 Å². The van der Waals surface area contributed by atoms with Gasteiger partial charge >= 0.3 is 0 Å². The van der Waals surface area contributed by atoms with Crippen LogP contribution in [0.4, 0.5) is 8.78 Å². The van der Waals surface area contributed by atoms with E-state index >= 15 is 0 Å². The van der Waals surface area contributed by atoms with Crippen molar-refractivity contribution in [2.75, 3.05) is 13.4 Å². The zero-order valence-electron chi connectivity index (χ0n) is 7.70. The summed E-state index contributed by atoms with van der Waals surface area (Å²) in [5.74, 6) is -1.60. The molecule has 0 aliphatic heterocycles. The lowest BCUT2D eigenvalue weighted by Crippen LogP contribution is -1.95. The molecular weight excluding hydrogens is 214 g/mol. The minimum atomic E-state index is -3.16. The zero-order chi connectivity index (χ0) is 11.2. The molecule has 0 atom stereocenters. The molecule has 0 aliphatic rings. The van der Waals surface area contributed by atoms with Crippen molar-refractivity contribution >= 4 is 10.1 Å². The lowest BCUT2D eigenvalue weighted by Gasteiger charge is -1.85. The first-order valence-electron chi connectivity index (χ1n) is 3.52. The summed E-state index contributed by atoms with van der Waals surface area (Å²) in [5.41, 5.74) is 0. The summed E-state index contributed by atoms with van der Waals surface area (Å²) in [5, 5.41) is 0. The second kappa shape index (κ2) is 5.66. The smallest absolute Gasteiger partial charge is 0.264 e. The van der Waals surface area contributed by atoms with Gasteiger partial charge in [0, 0.05) is 0 Å². The highest BCUT2D eigenvalue weighted by molar-refractivity contribution is 7.85. The molecule has 6 heteroatoms. The van der Waals surface area contributed by atoms with Crippen LogP contribution in [0.15, 0.2) is 24.3 Å². The fraction of sp³-hybridized carbons (Fsp3) is 0.250. The first kappa shape index (κ1) is 13.0. The molecule has 0 spiro atoms. The quantitative estimate of drug-likeness (QED) is 0.680. The normalized spacial score (nSPS) is 10.3. The Morgan fingerprint density at radius 2 is 1.43 bits per heavy atom. The summed E-state index contributed by atoms with van der Waals surface area (Å²) in [6, 6.07) is 5.04. The molecular formula is C8H10F2O3S. The molecule has 0 aromatic heterocycles. The van der Waals surface area contributed by atoms with E-state index in [2.05, 4.69) is 4.18 Å². The van der Waals surface area contributed by atoms with Crippen LogP contribution in [0.2, 0.25) is 0 Å². The Morgan fingerprint density at radius 1 is 1.14 bits per heavy atom. The fourth-order valence-corrected chi connectivity index (χ4v) is 0.439. The third-order valence-electron chi connectivity index (χ3n) is 1.13. The SMILES string of the molecule is COS(C)(=O)=O.Fc1ccccc1F. The molecule has 1 aromatic rings. The maximum atomic E-state index is 11.9. The van der Waals surface area contributed by atoms with Crippen LogP contribution >= 0.6 is 0 Å². The summed E-state index contributed by atoms with van der Waals surface area (Å²) < 4.78 is 47.4. The van der Waals surface area contributed by atoms with Gasteiger partial charge in [-0.2, -0.15) is 8.42 Å². The topological polar surface area (TPSA) is 43.4 Å². The molecule has 0 unspecified atom stereocenters. The highest BCUT2D eigenvalue weighted by Gasteiger charge is 1.93. The van der Waals surface area contributed by atoms with Crippen LogP contribution in [0.1, 0.15) is 0 Å². The van der Waals surface area contributed by atoms with Crippen molar-refractivity contribution in [3.05, 3.63) is 35.9 Å². The van der Waals surface area contributed by atoms with Crippen LogP contribution in [-0.2, 0) is 14.3 Å². The summed E-state index contributed by atoms with van der Waals surface area (Å²) in [7, 11) is -2.04. The molecule has 3 nitrogen and oxygen atoms in total. The molecule has 14 heavy (non-hydrogen) atoms. The van der Waals surface area contributed by atoms with Gasteiger partial charge in [-0.15, -0.1) is 0 Å². The van der Waals surface area contributed by atoms with E-state index in [9.17, 15) is 17.2 Å². The van der Waals surface area contributed by atoms with E-state index in [1.807, 2.05) is 0 Å². The van der Waals surface area contributed by atoms with Crippen molar-refractivity contribution in [2.24, 2.45) is 0 Å². The van der Waals surface area contributed by atoms with Crippen molar-refractivity contribution in [3.8, 4) is 0 Å². The van der Waals surface area contributed by atoms with Gasteiger partial charge in [-0.25, -0.2) is 8.78 Å². The summed E-state index contributed by atoms with van der Waals surface area (Å²) >= 11 is 0. The molecule has 0 bridgehead atoms. The summed E-state index contributed by atoms with van der Waals surface area (Å²) in [6.45, 7) is 0. The van der Waals surface area contributed by atoms with E-state index in [0.717, 1.165) is 25.5 Å². The Hall–Kier alpha value is -1.01. The number of rotatable bonds is 1. The van der Waals surface area contributed by atoms with Crippen LogP contribution < -0.4 is 0 Å². The second-order valence-electron chi connectivity index (χ2n) is 2.28. The molecule has 0 saturated carbocycles. The lowest BCUT2D eigenvalue weighted by atomic mass is 10.3. The van der Waals surface area contributed by atoms with Crippen LogP contribution in [0, 0.1) is 11.6 Å². The van der Waals surface area contributed by atoms with Crippen molar-refractivity contribution in [2.45, 2.75) is 0 Å². The molecule has 0 aliphatic carbocycles. The standard InChI is InChI=1S/C6H4F2.C2H6O3S/c7-5-3-1-2-4-6(5)8;1-5-6(2,3)4/h1-4H;1-2H3. The maximum absolute atomic E-state index is 11.9. The van der Waals surface area contributed by atoms with Gasteiger partial charge in [0.25, 0.3) is 10.1 Å². The molecule has 1 aromatic carbocycles. The van der Waals surface area contributed by atoms with Crippen LogP contribution in [0.3, 0.4) is 0 Å². The molecule has 1 rings (SSSR count). The average Bonchev–Trinajstić information content (AvgIpc) is 2.10. The largest absolute Gasteiger partial charge is 0.274 e. The third kappa shape index (κ3) is 6.50. The predicted octanol–water partition coefficient (Wildman–Crippen LogP) is 1.56. The Kier molecular flexibility index (Phi) is 5.26. The molecule has 80 valence electrons. The van der Waals surface area contributed by atoms with Crippen molar-refractivity contribution in [1.82, 2.24) is 0 Å². The molecule has 0 fully saturated rings. The fourth-order valence-electron chi connectivity index (χ4n) is 0.439. The molecule has 0 heterocycles. The van der Waals surface area contributed by atoms with Gasteiger partial charge in [0.15, 0.2) is 11.6 Å². The predicted molar refractivity (Wildman–Crippen MR) is 48.2 cm³/mol. The van der Waals surface area contributed by atoms with Crippen LogP contribution in [-0.4, -0.2) is 21.8 Å². The second-order valence-corrected chi connectivity index (χ2v) is 4.03. The average molecular weight is 224 g/mol. The van der Waals surface area contributed by atoms with Gasteiger partial charge < -0.3 is 0 Å². The van der Waals surface area contributed by atoms with E-state index in [0.29, 0.717) is 0 Å². The molecule has 0 N–H and O–H groups in total. The van der Waals surface area contributed by atoms with Crippen molar-refractivity contribution in [3.63, 3.8) is 0 Å². The monoisotopic (exact) mass is 224 g/mol. The number of hydrogen-bond donors (Lipinski definition) is 0. The molecule has 0 saturated heterocycles. The van der Waals surface area contributed by atoms with Gasteiger partial charge in [0.1, 0.15) is 0 Å². The van der Waals surface area contributed by atoms with Crippen LogP contribution in [0.5, 0.6) is 0 Å². The zero-order valence-corrected chi connectivity index (χ0v) is 8.51. The molecule has 0 amide bonds. The lowest BCUT2D eigenvalue weighted by molar-refractivity contribution is 0.403. The minimum absolute atomic E-state index is 0.799. The van der Waals surface area contributed by atoms with Crippen LogP contribution in [0.25, 0.3) is 0 Å². The molecule has 0 radical (unpaired) electrons. The number of halogens is 2. The van der Waals surface area contributed by atoms with E-state index in [4.69, 9.17) is 0 Å². The number of benzene rings is 1. The third-order valence-corrected chi connectivity index (χ3v) is 1.73. The summed E-state index contributed by atoms with van der Waals surface area (Å²) in [4.78, 5) is 0. The van der Waals surface area contributed by atoms with E-state index in [1.165, 1.54) is 12.1 Å². The van der Waals surface area contributed by atoms with Crippen molar-refractivity contribution in [1.29, 1.82) is 0 Å². The van der Waals surface area contributed by atoms with Gasteiger partial charge in [-0.1, -0.05) is 12.1 Å². The highest BCUT2D eigenvalue weighted by atomic mass is 32.2. The van der Waals surface area contributed by atoms with E-state index < -0.39 is 21.8 Å². The minimum Gasteiger partial charge on any atom is -0.274 e. The summed E-state index contributed by atoms with van der Waals surface area (Å²) in [6.07, 6.45) is 0.993. The first-order chi connectivity index (χ1) is 6.37. The van der Waals surface area contributed by atoms with Crippen molar-refractivity contribution < 1.29 is 21.4 Å². The first-order valence-corrected chi connectivity index (χ1v) is 5.34. The van der Waals surface area contributed by atoms with Gasteiger partial charge in [-0.3, -0.25) is 4.18 Å². The maximum Gasteiger partial charge on any atom is 0.264 e. The van der Waals surface area contributed by atoms with Gasteiger partial charge in [0.05, 0.1) is 13.4 Å². The van der Waals surface area contributed by atoms with E-state index in [-0.39, 0.29) is 0 Å². The van der Waals surface area contributed by atoms with Gasteiger partial charge in [-0.05, 0) is 12.1 Å². The number of hydrogen-bond acceptors (Lipinski definition) is 3. The van der Waals surface area contributed by atoms with E-state index in [1.54, 1.807) is 0 Å².